The van der Waals surface area contributed by atoms with Gasteiger partial charge >= 0.3 is 0 Å². The highest BCUT2D eigenvalue weighted by molar-refractivity contribution is 5.85. The van der Waals surface area contributed by atoms with Gasteiger partial charge in [0.15, 0.2) is 0 Å². The molecule has 2 aromatic rings. The maximum atomic E-state index is 12.1. The minimum Gasteiger partial charge on any atom is -0.361 e. The molecule has 0 bridgehead atoms. The van der Waals surface area contributed by atoms with Crippen LogP contribution in [-0.4, -0.2) is 11.7 Å². The number of rotatable bonds is 3. The van der Waals surface area contributed by atoms with Crippen LogP contribution in [0.25, 0.3) is 10.9 Å². The largest absolute Gasteiger partial charge is 0.361 e. The number of para-hydroxylation sites is 1. The Balaban J connectivity index is 0.00000112. The topological polar surface area (TPSA) is 41.8 Å². The SMILES string of the molecule is Cl.N[C@@H](CCF)c1c[nH]c2ccccc12. The molecule has 82 valence electrons. The van der Waals surface area contributed by atoms with E-state index in [0.717, 1.165) is 16.5 Å². The smallest absolute Gasteiger partial charge is 0.0912 e. The summed E-state index contributed by atoms with van der Waals surface area (Å²) in [6.45, 7) is -0.374. The minimum atomic E-state index is -0.374. The van der Waals surface area contributed by atoms with E-state index in [0.29, 0.717) is 6.42 Å². The van der Waals surface area contributed by atoms with Gasteiger partial charge in [-0.3, -0.25) is 4.39 Å². The molecule has 0 spiro atoms. The van der Waals surface area contributed by atoms with Gasteiger partial charge in [-0.05, 0) is 18.1 Å². The molecule has 0 unspecified atom stereocenters. The van der Waals surface area contributed by atoms with Crippen molar-refractivity contribution >= 4 is 23.3 Å². The zero-order valence-corrected chi connectivity index (χ0v) is 9.06. The standard InChI is InChI=1S/C11H13FN2.ClH/c12-6-5-10(13)9-7-14-11-4-2-1-3-8(9)11;/h1-4,7,10,14H,5-6,13H2;1H/t10-;/m0./s1. The van der Waals surface area contributed by atoms with E-state index in [4.69, 9.17) is 5.73 Å². The van der Waals surface area contributed by atoms with Crippen LogP contribution in [0.4, 0.5) is 4.39 Å². The second-order valence-corrected chi connectivity index (χ2v) is 3.37. The van der Waals surface area contributed by atoms with Crippen molar-refractivity contribution in [3.05, 3.63) is 36.0 Å². The van der Waals surface area contributed by atoms with E-state index in [9.17, 15) is 4.39 Å². The molecular weight excluding hydrogens is 215 g/mol. The number of nitrogens with two attached hydrogens (primary N) is 1. The Morgan fingerprint density at radius 2 is 2.07 bits per heavy atom. The number of alkyl halides is 1. The lowest BCUT2D eigenvalue weighted by atomic mass is 10.0. The van der Waals surface area contributed by atoms with Gasteiger partial charge in [0.05, 0.1) is 6.67 Å². The number of nitrogens with one attached hydrogen (secondary N) is 1. The number of benzene rings is 1. The molecule has 0 saturated heterocycles. The predicted octanol–water partition coefficient (Wildman–Crippen LogP) is 2.95. The number of hydrogen-bond donors (Lipinski definition) is 2. The van der Waals surface area contributed by atoms with Gasteiger partial charge in [-0.2, -0.15) is 0 Å². The first kappa shape index (κ1) is 12.0. The van der Waals surface area contributed by atoms with Gasteiger partial charge in [-0.25, -0.2) is 0 Å². The third kappa shape index (κ3) is 2.30. The highest BCUT2D eigenvalue weighted by Gasteiger charge is 2.10. The van der Waals surface area contributed by atoms with Crippen molar-refractivity contribution in [2.75, 3.05) is 6.67 Å². The first-order chi connectivity index (χ1) is 6.83. The lowest BCUT2D eigenvalue weighted by Crippen LogP contribution is -2.10. The van der Waals surface area contributed by atoms with E-state index >= 15 is 0 Å². The van der Waals surface area contributed by atoms with Gasteiger partial charge in [0.1, 0.15) is 0 Å². The third-order valence-corrected chi connectivity index (χ3v) is 2.44. The second-order valence-electron chi connectivity index (χ2n) is 3.37. The van der Waals surface area contributed by atoms with Crippen LogP contribution in [0.1, 0.15) is 18.0 Å². The summed E-state index contributed by atoms with van der Waals surface area (Å²) >= 11 is 0. The minimum absolute atomic E-state index is 0. The molecule has 1 heterocycles. The van der Waals surface area contributed by atoms with E-state index in [-0.39, 0.29) is 25.1 Å². The first-order valence-corrected chi connectivity index (χ1v) is 4.70. The molecule has 15 heavy (non-hydrogen) atoms. The summed E-state index contributed by atoms with van der Waals surface area (Å²) in [6, 6.07) is 7.70. The molecule has 0 amide bonds. The lowest BCUT2D eigenvalue weighted by Gasteiger charge is -2.07. The summed E-state index contributed by atoms with van der Waals surface area (Å²) in [7, 11) is 0. The van der Waals surface area contributed by atoms with E-state index in [1.165, 1.54) is 0 Å². The predicted molar refractivity (Wildman–Crippen MR) is 63.1 cm³/mol. The van der Waals surface area contributed by atoms with Crippen molar-refractivity contribution < 1.29 is 4.39 Å². The fourth-order valence-electron chi connectivity index (χ4n) is 1.67. The Morgan fingerprint density at radius 3 is 2.80 bits per heavy atom. The van der Waals surface area contributed by atoms with Crippen molar-refractivity contribution in [1.82, 2.24) is 4.98 Å². The molecule has 1 atom stereocenters. The molecule has 2 rings (SSSR count). The van der Waals surface area contributed by atoms with Crippen LogP contribution in [0.3, 0.4) is 0 Å². The number of hydrogen-bond acceptors (Lipinski definition) is 1. The van der Waals surface area contributed by atoms with Crippen molar-refractivity contribution in [1.29, 1.82) is 0 Å². The Morgan fingerprint density at radius 1 is 1.33 bits per heavy atom. The number of aromatic amines is 1. The van der Waals surface area contributed by atoms with Gasteiger partial charge in [0, 0.05) is 23.1 Å². The molecule has 1 aromatic carbocycles. The van der Waals surface area contributed by atoms with Crippen LogP contribution >= 0.6 is 12.4 Å². The summed E-state index contributed by atoms with van der Waals surface area (Å²) in [6.07, 6.45) is 2.24. The first-order valence-electron chi connectivity index (χ1n) is 4.70. The maximum absolute atomic E-state index is 12.1. The summed E-state index contributed by atoms with van der Waals surface area (Å²) in [5, 5.41) is 1.09. The highest BCUT2D eigenvalue weighted by Crippen LogP contribution is 2.24. The van der Waals surface area contributed by atoms with Crippen molar-refractivity contribution in [2.24, 2.45) is 5.73 Å². The molecule has 0 aliphatic rings. The average molecular weight is 229 g/mol. The maximum Gasteiger partial charge on any atom is 0.0912 e. The van der Waals surface area contributed by atoms with Gasteiger partial charge < -0.3 is 10.7 Å². The van der Waals surface area contributed by atoms with E-state index < -0.39 is 0 Å². The summed E-state index contributed by atoms with van der Waals surface area (Å²) in [5.41, 5.74) is 7.91. The van der Waals surface area contributed by atoms with Gasteiger partial charge in [-0.1, -0.05) is 18.2 Å². The van der Waals surface area contributed by atoms with Crippen molar-refractivity contribution in [3.63, 3.8) is 0 Å². The third-order valence-electron chi connectivity index (χ3n) is 2.44. The normalized spacial score (nSPS) is 12.4. The molecule has 1 aromatic heterocycles. The van der Waals surface area contributed by atoms with Crippen LogP contribution in [0.2, 0.25) is 0 Å². The van der Waals surface area contributed by atoms with Crippen LogP contribution in [0.5, 0.6) is 0 Å². The Kier molecular flexibility index (Phi) is 4.12. The molecule has 0 saturated carbocycles. The van der Waals surface area contributed by atoms with Gasteiger partial charge in [0.25, 0.3) is 0 Å². The molecule has 0 radical (unpaired) electrons. The second kappa shape index (κ2) is 5.14. The van der Waals surface area contributed by atoms with E-state index in [2.05, 4.69) is 4.98 Å². The molecule has 0 fully saturated rings. The van der Waals surface area contributed by atoms with Crippen molar-refractivity contribution in [2.45, 2.75) is 12.5 Å². The Bertz CT molecular complexity index is 427. The fourth-order valence-corrected chi connectivity index (χ4v) is 1.67. The molecule has 4 heteroatoms. The monoisotopic (exact) mass is 228 g/mol. The lowest BCUT2D eigenvalue weighted by molar-refractivity contribution is 0.443. The Labute approximate surface area is 94.1 Å². The van der Waals surface area contributed by atoms with E-state index in [1.54, 1.807) is 0 Å². The Hall–Kier alpha value is -1.06. The molecular formula is C11H14ClFN2. The fraction of sp³-hybridized carbons (Fsp3) is 0.273. The molecule has 2 nitrogen and oxygen atoms in total. The van der Waals surface area contributed by atoms with Crippen LogP contribution in [0, 0.1) is 0 Å². The molecule has 0 aliphatic heterocycles. The van der Waals surface area contributed by atoms with Gasteiger partial charge in [0.2, 0.25) is 0 Å². The quantitative estimate of drug-likeness (QED) is 0.833. The van der Waals surface area contributed by atoms with E-state index in [1.807, 2.05) is 30.5 Å². The summed E-state index contributed by atoms with van der Waals surface area (Å²) in [5.74, 6) is 0. The van der Waals surface area contributed by atoms with Gasteiger partial charge in [-0.15, -0.1) is 12.4 Å². The zero-order valence-electron chi connectivity index (χ0n) is 8.24. The number of H-pyrrole nitrogens is 1. The molecule has 3 N–H and O–H groups in total. The highest BCUT2D eigenvalue weighted by atomic mass is 35.5. The number of halogens is 2. The number of aromatic nitrogens is 1. The number of fused-ring (bicyclic) bond motifs is 1. The summed E-state index contributed by atoms with van der Waals surface area (Å²) < 4.78 is 12.1. The van der Waals surface area contributed by atoms with Crippen LogP contribution in [-0.2, 0) is 0 Å². The van der Waals surface area contributed by atoms with Crippen molar-refractivity contribution in [3.8, 4) is 0 Å². The average Bonchev–Trinajstić information content (AvgIpc) is 2.61. The molecule has 0 aliphatic carbocycles. The summed E-state index contributed by atoms with van der Waals surface area (Å²) in [4.78, 5) is 3.13. The zero-order chi connectivity index (χ0) is 9.97. The van der Waals surface area contributed by atoms with Crippen LogP contribution < -0.4 is 5.73 Å². The van der Waals surface area contributed by atoms with Crippen LogP contribution in [0.15, 0.2) is 30.5 Å².